The number of carboxylic acid groups (broad SMARTS) is 1. The van der Waals surface area contributed by atoms with Crippen LogP contribution in [0.1, 0.15) is 25.7 Å². The third kappa shape index (κ3) is 3.79. The first-order valence-electron chi connectivity index (χ1n) is 10.7. The van der Waals surface area contributed by atoms with Gasteiger partial charge in [-0.25, -0.2) is 0 Å². The van der Waals surface area contributed by atoms with Gasteiger partial charge in [-0.15, -0.1) is 0 Å². The van der Waals surface area contributed by atoms with Gasteiger partial charge in [-0.1, -0.05) is 36.4 Å². The molecule has 2 heterocycles. The Kier molecular flexibility index (Phi) is 5.46. The van der Waals surface area contributed by atoms with Crippen LogP contribution in [0.3, 0.4) is 0 Å². The van der Waals surface area contributed by atoms with Gasteiger partial charge in [0.15, 0.2) is 5.65 Å². The highest BCUT2D eigenvalue weighted by molar-refractivity contribution is 9.10. The van der Waals surface area contributed by atoms with Gasteiger partial charge >= 0.3 is 5.97 Å². The second-order valence-electron chi connectivity index (χ2n) is 8.34. The molecule has 0 amide bonds. The summed E-state index contributed by atoms with van der Waals surface area (Å²) < 4.78 is 8.24. The van der Waals surface area contributed by atoms with E-state index in [1.54, 1.807) is 10.7 Å². The maximum atomic E-state index is 11.2. The zero-order valence-electron chi connectivity index (χ0n) is 17.4. The number of fused-ring (bicyclic) bond motifs is 2. The number of hydrogen-bond donors (Lipinski definition) is 2. The van der Waals surface area contributed by atoms with Crippen molar-refractivity contribution in [2.24, 2.45) is 11.8 Å². The number of aromatic nitrogens is 3. The highest BCUT2D eigenvalue weighted by Crippen LogP contribution is 2.35. The van der Waals surface area contributed by atoms with E-state index < -0.39 is 5.97 Å². The summed E-state index contributed by atoms with van der Waals surface area (Å²) in [6, 6.07) is 14.5. The van der Waals surface area contributed by atoms with Gasteiger partial charge in [-0.2, -0.15) is 14.6 Å². The highest BCUT2D eigenvalue weighted by Gasteiger charge is 2.27. The molecule has 0 bridgehead atoms. The molecule has 1 aliphatic carbocycles. The van der Waals surface area contributed by atoms with Crippen molar-refractivity contribution >= 4 is 44.1 Å². The van der Waals surface area contributed by atoms with E-state index in [-0.39, 0.29) is 5.92 Å². The van der Waals surface area contributed by atoms with Crippen molar-refractivity contribution in [1.29, 1.82) is 0 Å². The Labute approximate surface area is 193 Å². The van der Waals surface area contributed by atoms with Crippen LogP contribution in [0.25, 0.3) is 27.5 Å². The number of rotatable bonds is 5. The molecule has 1 fully saturated rings. The number of anilines is 1. The molecule has 0 aliphatic heterocycles. The molecule has 32 heavy (non-hydrogen) atoms. The molecular formula is C24H23BrN4O3. The minimum Gasteiger partial charge on any atom is -0.481 e. The van der Waals surface area contributed by atoms with Crippen LogP contribution >= 0.6 is 15.9 Å². The van der Waals surface area contributed by atoms with E-state index in [9.17, 15) is 9.90 Å². The van der Waals surface area contributed by atoms with Gasteiger partial charge in [-0.05, 0) is 69.9 Å². The number of aliphatic carboxylic acids is 1. The van der Waals surface area contributed by atoms with E-state index in [0.29, 0.717) is 47.2 Å². The van der Waals surface area contributed by atoms with Crippen LogP contribution < -0.4 is 10.5 Å². The van der Waals surface area contributed by atoms with Gasteiger partial charge in [-0.3, -0.25) is 4.79 Å². The Morgan fingerprint density at radius 1 is 1.16 bits per heavy atom. The summed E-state index contributed by atoms with van der Waals surface area (Å²) in [5, 5.41) is 15.9. The molecule has 0 spiro atoms. The number of carboxylic acids is 1. The fourth-order valence-corrected chi connectivity index (χ4v) is 4.77. The molecule has 7 nitrogen and oxygen atoms in total. The molecular weight excluding hydrogens is 472 g/mol. The Hall–Kier alpha value is -3.13. The zero-order valence-corrected chi connectivity index (χ0v) is 19.0. The number of ether oxygens (including phenoxy) is 1. The Morgan fingerprint density at radius 2 is 1.91 bits per heavy atom. The van der Waals surface area contributed by atoms with E-state index >= 15 is 0 Å². The van der Waals surface area contributed by atoms with Gasteiger partial charge in [0.2, 0.25) is 5.88 Å². The Bertz CT molecular complexity index is 1310. The first kappa shape index (κ1) is 20.8. The predicted octanol–water partition coefficient (Wildman–Crippen LogP) is 5.16. The highest BCUT2D eigenvalue weighted by atomic mass is 79.9. The second kappa shape index (κ2) is 8.43. The summed E-state index contributed by atoms with van der Waals surface area (Å²) in [6.07, 6.45) is 4.82. The SMILES string of the molecule is Nc1c(Br)c(OCC2CCC(C(=O)O)CC2)nc2c(-c3ccc4ccccc4c3)cnn12. The first-order chi connectivity index (χ1) is 15.5. The third-order valence-electron chi connectivity index (χ3n) is 6.30. The molecule has 8 heteroatoms. The average molecular weight is 495 g/mol. The molecule has 4 aromatic rings. The largest absolute Gasteiger partial charge is 0.481 e. The third-order valence-corrected chi connectivity index (χ3v) is 7.05. The number of nitrogen functional groups attached to an aromatic ring is 1. The minimum atomic E-state index is -0.700. The van der Waals surface area contributed by atoms with Crippen molar-refractivity contribution in [1.82, 2.24) is 14.6 Å². The summed E-state index contributed by atoms with van der Waals surface area (Å²) in [4.78, 5) is 15.9. The van der Waals surface area contributed by atoms with Gasteiger partial charge in [0, 0.05) is 5.56 Å². The van der Waals surface area contributed by atoms with E-state index in [1.165, 1.54) is 5.39 Å². The number of hydrogen-bond acceptors (Lipinski definition) is 5. The number of nitrogens with zero attached hydrogens (tertiary/aromatic N) is 3. The normalized spacial score (nSPS) is 18.8. The van der Waals surface area contributed by atoms with Crippen LogP contribution in [0.5, 0.6) is 5.88 Å². The summed E-state index contributed by atoms with van der Waals surface area (Å²) in [6.45, 7) is 0.479. The molecule has 1 saturated carbocycles. The number of halogens is 1. The molecule has 0 saturated heterocycles. The van der Waals surface area contributed by atoms with Crippen LogP contribution in [0.4, 0.5) is 5.82 Å². The molecule has 2 aromatic heterocycles. The Morgan fingerprint density at radius 3 is 2.66 bits per heavy atom. The van der Waals surface area contributed by atoms with Crippen molar-refractivity contribution in [2.75, 3.05) is 12.3 Å². The molecule has 5 rings (SSSR count). The van der Waals surface area contributed by atoms with Gasteiger partial charge in [0.05, 0.1) is 18.7 Å². The Balaban J connectivity index is 1.43. The van der Waals surface area contributed by atoms with Crippen molar-refractivity contribution in [3.63, 3.8) is 0 Å². The first-order valence-corrected chi connectivity index (χ1v) is 11.5. The summed E-state index contributed by atoms with van der Waals surface area (Å²) >= 11 is 3.50. The van der Waals surface area contributed by atoms with E-state index in [4.69, 9.17) is 15.5 Å². The second-order valence-corrected chi connectivity index (χ2v) is 9.13. The lowest BCUT2D eigenvalue weighted by molar-refractivity contribution is -0.143. The lowest BCUT2D eigenvalue weighted by atomic mass is 9.82. The van der Waals surface area contributed by atoms with Crippen molar-refractivity contribution in [2.45, 2.75) is 25.7 Å². The molecule has 0 atom stereocenters. The molecule has 0 radical (unpaired) electrons. The topological polar surface area (TPSA) is 103 Å². The van der Waals surface area contributed by atoms with Crippen molar-refractivity contribution < 1.29 is 14.6 Å². The van der Waals surface area contributed by atoms with E-state index in [1.807, 2.05) is 12.1 Å². The molecule has 3 N–H and O–H groups in total. The predicted molar refractivity (Wildman–Crippen MR) is 127 cm³/mol. The van der Waals surface area contributed by atoms with Gasteiger partial charge < -0.3 is 15.6 Å². The zero-order chi connectivity index (χ0) is 22.2. The van der Waals surface area contributed by atoms with E-state index in [0.717, 1.165) is 29.4 Å². The van der Waals surface area contributed by atoms with Crippen LogP contribution in [0.2, 0.25) is 0 Å². The maximum Gasteiger partial charge on any atom is 0.306 e. The molecule has 164 valence electrons. The molecule has 1 aliphatic rings. The summed E-state index contributed by atoms with van der Waals surface area (Å²) in [5.41, 5.74) is 8.84. The monoisotopic (exact) mass is 494 g/mol. The standard InChI is InChI=1S/C24H23BrN4O3/c25-20-21(26)29-22(28-23(20)32-13-14-5-7-16(8-6-14)24(30)31)19(12-27-29)18-10-9-15-3-1-2-4-17(15)11-18/h1-4,9-12,14,16H,5-8,13,26H2,(H,30,31). The van der Waals surface area contributed by atoms with Crippen molar-refractivity contribution in [3.05, 3.63) is 53.1 Å². The fourth-order valence-electron chi connectivity index (χ4n) is 4.40. The van der Waals surface area contributed by atoms with Gasteiger partial charge in [0.25, 0.3) is 0 Å². The van der Waals surface area contributed by atoms with Crippen LogP contribution in [-0.2, 0) is 4.79 Å². The number of benzene rings is 2. The molecule has 2 aromatic carbocycles. The minimum absolute atomic E-state index is 0.237. The lowest BCUT2D eigenvalue weighted by Gasteiger charge is -2.26. The molecule has 0 unspecified atom stereocenters. The summed E-state index contributed by atoms with van der Waals surface area (Å²) in [5.74, 6) is 0.222. The fraction of sp³-hybridized carbons (Fsp3) is 0.292. The van der Waals surface area contributed by atoms with Crippen LogP contribution in [0, 0.1) is 11.8 Å². The van der Waals surface area contributed by atoms with Crippen LogP contribution in [-0.4, -0.2) is 32.3 Å². The summed E-state index contributed by atoms with van der Waals surface area (Å²) in [7, 11) is 0. The van der Waals surface area contributed by atoms with Crippen molar-refractivity contribution in [3.8, 4) is 17.0 Å². The van der Waals surface area contributed by atoms with Crippen LogP contribution in [0.15, 0.2) is 53.1 Å². The quantitative estimate of drug-likeness (QED) is 0.396. The average Bonchev–Trinajstić information content (AvgIpc) is 3.24. The number of nitrogens with two attached hydrogens (primary N) is 1. The number of carbonyl (C=O) groups is 1. The lowest BCUT2D eigenvalue weighted by Crippen LogP contribution is -2.24. The maximum absolute atomic E-state index is 11.2. The van der Waals surface area contributed by atoms with E-state index in [2.05, 4.69) is 51.4 Å². The smallest absolute Gasteiger partial charge is 0.306 e. The van der Waals surface area contributed by atoms with Gasteiger partial charge in [0.1, 0.15) is 10.3 Å².